The van der Waals surface area contributed by atoms with Crippen molar-refractivity contribution in [3.8, 4) is 0 Å². The van der Waals surface area contributed by atoms with Gasteiger partial charge in [-0.3, -0.25) is 4.79 Å². The van der Waals surface area contributed by atoms with E-state index in [4.69, 9.17) is 0 Å². The molecule has 0 aromatic heterocycles. The molecule has 0 N–H and O–H groups in total. The molecule has 1 aliphatic carbocycles. The fraction of sp³-hybridized carbons (Fsp3) is 0.462. The van der Waals surface area contributed by atoms with Gasteiger partial charge in [0.1, 0.15) is 5.82 Å². The molecule has 0 amide bonds. The molecule has 0 radical (unpaired) electrons. The first-order chi connectivity index (χ1) is 8.11. The van der Waals surface area contributed by atoms with Gasteiger partial charge in [-0.25, -0.2) is 4.39 Å². The van der Waals surface area contributed by atoms with Crippen LogP contribution >= 0.6 is 15.9 Å². The maximum absolute atomic E-state index is 13.4. The zero-order valence-corrected chi connectivity index (χ0v) is 11.2. The van der Waals surface area contributed by atoms with Crippen LogP contribution in [0, 0.1) is 17.7 Å². The summed E-state index contributed by atoms with van der Waals surface area (Å²) in [6.45, 7) is 0. The number of carbonyl (C=O) groups excluding carboxylic acids is 1. The smallest absolute Gasteiger partial charge is 0.308 e. The monoisotopic (exact) mass is 300 g/mol. The molecule has 0 spiro atoms. The molecular weight excluding hydrogens is 287 g/mol. The van der Waals surface area contributed by atoms with Crippen LogP contribution in [0.2, 0.25) is 0 Å². The second-order valence-electron chi connectivity index (χ2n) is 4.40. The van der Waals surface area contributed by atoms with Gasteiger partial charge < -0.3 is 4.74 Å². The Bertz CT molecular complexity index is 433. The summed E-state index contributed by atoms with van der Waals surface area (Å²) < 4.78 is 19.0. The second-order valence-corrected chi connectivity index (χ2v) is 5.32. The number of hydrogen-bond acceptors (Lipinski definition) is 2. The fourth-order valence-corrected chi connectivity index (χ4v) is 2.49. The van der Waals surface area contributed by atoms with Gasteiger partial charge in [0.2, 0.25) is 0 Å². The summed E-state index contributed by atoms with van der Waals surface area (Å²) in [6.07, 6.45) is 2.39. The van der Waals surface area contributed by atoms with Crippen molar-refractivity contribution in [1.82, 2.24) is 0 Å². The lowest BCUT2D eigenvalue weighted by Gasteiger charge is -2.03. The first-order valence-corrected chi connectivity index (χ1v) is 6.43. The number of benzene rings is 1. The van der Waals surface area contributed by atoms with Gasteiger partial charge in [0, 0.05) is 4.47 Å². The highest BCUT2D eigenvalue weighted by Crippen LogP contribution is 2.42. The Hall–Kier alpha value is -0.900. The Morgan fingerprint density at radius 3 is 3.06 bits per heavy atom. The first-order valence-electron chi connectivity index (χ1n) is 5.63. The maximum Gasteiger partial charge on any atom is 0.308 e. The van der Waals surface area contributed by atoms with Gasteiger partial charge in [-0.2, -0.15) is 0 Å². The lowest BCUT2D eigenvalue weighted by Crippen LogP contribution is -2.04. The second kappa shape index (κ2) is 5.17. The van der Waals surface area contributed by atoms with Crippen molar-refractivity contribution in [2.24, 2.45) is 11.8 Å². The standard InChI is InChI=1S/C13H14BrFO2/c1-17-13(16)11-7-8(11)2-3-9-6-10(14)4-5-12(9)15/h4-6,8,11H,2-3,7H2,1H3. The summed E-state index contributed by atoms with van der Waals surface area (Å²) in [7, 11) is 1.41. The zero-order valence-electron chi connectivity index (χ0n) is 9.58. The molecule has 1 aromatic rings. The van der Waals surface area contributed by atoms with Crippen LogP contribution < -0.4 is 0 Å². The Morgan fingerprint density at radius 1 is 1.59 bits per heavy atom. The summed E-state index contributed by atoms with van der Waals surface area (Å²) in [4.78, 5) is 11.2. The van der Waals surface area contributed by atoms with Crippen molar-refractivity contribution in [2.75, 3.05) is 7.11 Å². The number of hydrogen-bond donors (Lipinski definition) is 0. The highest BCUT2D eigenvalue weighted by molar-refractivity contribution is 9.10. The Morgan fingerprint density at radius 2 is 2.35 bits per heavy atom. The molecule has 1 aromatic carbocycles. The number of esters is 1. The summed E-state index contributed by atoms with van der Waals surface area (Å²) in [6, 6.07) is 4.95. The molecule has 92 valence electrons. The average molecular weight is 301 g/mol. The molecule has 0 saturated heterocycles. The topological polar surface area (TPSA) is 26.3 Å². The predicted octanol–water partition coefficient (Wildman–Crippen LogP) is 3.33. The summed E-state index contributed by atoms with van der Waals surface area (Å²) in [5.41, 5.74) is 0.704. The minimum absolute atomic E-state index is 0.0372. The van der Waals surface area contributed by atoms with Crippen LogP contribution in [0.15, 0.2) is 22.7 Å². The number of carbonyl (C=O) groups is 1. The molecule has 1 fully saturated rings. The molecule has 0 heterocycles. The molecule has 2 unspecified atom stereocenters. The molecule has 2 nitrogen and oxygen atoms in total. The van der Waals surface area contributed by atoms with E-state index in [9.17, 15) is 9.18 Å². The van der Waals surface area contributed by atoms with Crippen molar-refractivity contribution in [3.63, 3.8) is 0 Å². The lowest BCUT2D eigenvalue weighted by atomic mass is 10.1. The van der Waals surface area contributed by atoms with E-state index < -0.39 is 0 Å². The summed E-state index contributed by atoms with van der Waals surface area (Å²) in [5, 5.41) is 0. The number of halogens is 2. The molecule has 0 bridgehead atoms. The fourth-order valence-electron chi connectivity index (χ4n) is 2.08. The van der Waals surface area contributed by atoms with Crippen molar-refractivity contribution < 1.29 is 13.9 Å². The third-order valence-corrected chi connectivity index (χ3v) is 3.71. The molecule has 1 aliphatic rings. The van der Waals surface area contributed by atoms with E-state index in [0.29, 0.717) is 17.9 Å². The highest BCUT2D eigenvalue weighted by Gasteiger charge is 2.43. The molecule has 2 rings (SSSR count). The van der Waals surface area contributed by atoms with Gasteiger partial charge >= 0.3 is 5.97 Å². The van der Waals surface area contributed by atoms with E-state index in [1.807, 2.05) is 0 Å². The molecule has 17 heavy (non-hydrogen) atoms. The zero-order chi connectivity index (χ0) is 12.4. The summed E-state index contributed by atoms with van der Waals surface area (Å²) >= 11 is 3.32. The van der Waals surface area contributed by atoms with Gasteiger partial charge in [0.05, 0.1) is 13.0 Å². The van der Waals surface area contributed by atoms with Crippen LogP contribution in [0.5, 0.6) is 0 Å². The van der Waals surface area contributed by atoms with E-state index in [-0.39, 0.29) is 17.7 Å². The van der Waals surface area contributed by atoms with Crippen LogP contribution in [0.25, 0.3) is 0 Å². The van der Waals surface area contributed by atoms with Crippen molar-refractivity contribution >= 4 is 21.9 Å². The molecule has 2 atom stereocenters. The van der Waals surface area contributed by atoms with E-state index in [1.165, 1.54) is 13.2 Å². The third kappa shape index (κ3) is 3.06. The highest BCUT2D eigenvalue weighted by atomic mass is 79.9. The Labute approximate surface area is 108 Å². The minimum Gasteiger partial charge on any atom is -0.469 e. The normalized spacial score (nSPS) is 22.3. The third-order valence-electron chi connectivity index (χ3n) is 3.22. The van der Waals surface area contributed by atoms with E-state index in [1.54, 1.807) is 12.1 Å². The summed E-state index contributed by atoms with van der Waals surface area (Å²) in [5.74, 6) is 0.0872. The van der Waals surface area contributed by atoms with Crippen LogP contribution in [0.3, 0.4) is 0 Å². The number of methoxy groups -OCH3 is 1. The van der Waals surface area contributed by atoms with Gasteiger partial charge in [0.25, 0.3) is 0 Å². The number of aryl methyl sites for hydroxylation is 1. The van der Waals surface area contributed by atoms with Gasteiger partial charge in [-0.1, -0.05) is 15.9 Å². The van der Waals surface area contributed by atoms with Crippen molar-refractivity contribution in [1.29, 1.82) is 0 Å². The number of ether oxygens (including phenoxy) is 1. The van der Waals surface area contributed by atoms with Crippen LogP contribution in [0.4, 0.5) is 4.39 Å². The van der Waals surface area contributed by atoms with E-state index >= 15 is 0 Å². The lowest BCUT2D eigenvalue weighted by molar-refractivity contribution is -0.142. The van der Waals surface area contributed by atoms with Crippen molar-refractivity contribution in [3.05, 3.63) is 34.1 Å². The molecule has 4 heteroatoms. The van der Waals surface area contributed by atoms with Gasteiger partial charge in [-0.05, 0) is 48.9 Å². The number of rotatable bonds is 4. The van der Waals surface area contributed by atoms with E-state index in [0.717, 1.165) is 17.3 Å². The Kier molecular flexibility index (Phi) is 3.82. The largest absolute Gasteiger partial charge is 0.469 e. The molecular formula is C13H14BrFO2. The predicted molar refractivity (Wildman–Crippen MR) is 66.0 cm³/mol. The van der Waals surface area contributed by atoms with Gasteiger partial charge in [0.15, 0.2) is 0 Å². The quantitative estimate of drug-likeness (QED) is 0.797. The van der Waals surface area contributed by atoms with Crippen LogP contribution in [-0.2, 0) is 16.0 Å². The SMILES string of the molecule is COC(=O)C1CC1CCc1cc(Br)ccc1F. The van der Waals surface area contributed by atoms with Crippen LogP contribution in [-0.4, -0.2) is 13.1 Å². The van der Waals surface area contributed by atoms with Gasteiger partial charge in [-0.15, -0.1) is 0 Å². The Balaban J connectivity index is 1.87. The minimum atomic E-state index is -0.177. The van der Waals surface area contributed by atoms with E-state index in [2.05, 4.69) is 20.7 Å². The van der Waals surface area contributed by atoms with Crippen LogP contribution in [0.1, 0.15) is 18.4 Å². The molecule has 0 aliphatic heterocycles. The van der Waals surface area contributed by atoms with Crippen molar-refractivity contribution in [2.45, 2.75) is 19.3 Å². The first kappa shape index (κ1) is 12.6. The molecule has 1 saturated carbocycles. The average Bonchev–Trinajstić information content (AvgIpc) is 3.09. The maximum atomic E-state index is 13.4.